The van der Waals surface area contributed by atoms with Gasteiger partial charge in [0, 0.05) is 6.42 Å². The second-order valence-corrected chi connectivity index (χ2v) is 2.91. The third-order valence-corrected chi connectivity index (χ3v) is 1.87. The summed E-state index contributed by atoms with van der Waals surface area (Å²) in [6, 6.07) is 0. The monoisotopic (exact) mass is 172 g/mol. The maximum absolute atomic E-state index is 9.16. The maximum atomic E-state index is 9.16. The van der Waals surface area contributed by atoms with Gasteiger partial charge in [-0.05, 0) is 12.8 Å². The van der Waals surface area contributed by atoms with Crippen LogP contribution in [0.25, 0.3) is 0 Å². The Kier molecular flexibility index (Phi) is 4.29. The summed E-state index contributed by atoms with van der Waals surface area (Å²) >= 11 is 0. The zero-order valence-corrected chi connectivity index (χ0v) is 7.24. The number of aliphatic hydroxyl groups is 1. The van der Waals surface area contributed by atoms with E-state index in [4.69, 9.17) is 14.6 Å². The van der Waals surface area contributed by atoms with Crippen LogP contribution < -0.4 is 0 Å². The molecule has 1 aliphatic heterocycles. The highest BCUT2D eigenvalue weighted by Gasteiger charge is 2.14. The molecule has 0 saturated carbocycles. The molecule has 1 rings (SSSR count). The number of aliphatic hydroxyl groups excluding tert-OH is 1. The van der Waals surface area contributed by atoms with Gasteiger partial charge in [0.2, 0.25) is 0 Å². The molecule has 1 N–H and O–H groups in total. The van der Waals surface area contributed by atoms with Crippen LogP contribution in [0.1, 0.15) is 19.3 Å². The van der Waals surface area contributed by atoms with Gasteiger partial charge < -0.3 is 14.6 Å². The summed E-state index contributed by atoms with van der Waals surface area (Å²) in [5.41, 5.74) is 0. The first kappa shape index (κ1) is 9.71. The molecule has 0 unspecified atom stereocenters. The van der Waals surface area contributed by atoms with E-state index in [1.165, 1.54) is 6.08 Å². The molecule has 1 heterocycles. The third kappa shape index (κ3) is 3.34. The number of ether oxygens (including phenoxy) is 2. The van der Waals surface area contributed by atoms with E-state index >= 15 is 0 Å². The van der Waals surface area contributed by atoms with E-state index in [1.54, 1.807) is 0 Å². The largest absolute Gasteiger partial charge is 0.389 e. The second-order valence-electron chi connectivity index (χ2n) is 2.91. The molecular formula is C9H16O3. The van der Waals surface area contributed by atoms with Crippen molar-refractivity contribution in [3.05, 3.63) is 12.7 Å². The minimum atomic E-state index is -0.431. The van der Waals surface area contributed by atoms with E-state index in [0.717, 1.165) is 26.1 Å². The molecule has 0 aromatic carbocycles. The molecule has 0 aromatic heterocycles. The van der Waals surface area contributed by atoms with Crippen LogP contribution in [0.3, 0.4) is 0 Å². The van der Waals surface area contributed by atoms with Gasteiger partial charge in [-0.2, -0.15) is 0 Å². The van der Waals surface area contributed by atoms with Crippen molar-refractivity contribution in [1.29, 1.82) is 0 Å². The van der Waals surface area contributed by atoms with Crippen LogP contribution in [0.15, 0.2) is 12.7 Å². The Labute approximate surface area is 73.0 Å². The standard InChI is InChI=1S/C9H16O3/c1-2-8(10)4-5-9-11-6-3-7-12-9/h2,8-10H,1,3-7H2/t8-/m1/s1. The Hall–Kier alpha value is -0.380. The van der Waals surface area contributed by atoms with Crippen LogP contribution in [-0.2, 0) is 9.47 Å². The van der Waals surface area contributed by atoms with Crippen molar-refractivity contribution in [3.8, 4) is 0 Å². The first-order chi connectivity index (χ1) is 5.83. The number of hydrogen-bond acceptors (Lipinski definition) is 3. The zero-order valence-electron chi connectivity index (χ0n) is 7.24. The van der Waals surface area contributed by atoms with E-state index in [1.807, 2.05) is 0 Å². The molecule has 12 heavy (non-hydrogen) atoms. The Bertz CT molecular complexity index is 130. The fourth-order valence-electron chi connectivity index (χ4n) is 1.13. The van der Waals surface area contributed by atoms with Crippen LogP contribution in [0, 0.1) is 0 Å². The van der Waals surface area contributed by atoms with Gasteiger partial charge in [-0.25, -0.2) is 0 Å². The molecule has 0 aromatic rings. The topological polar surface area (TPSA) is 38.7 Å². The SMILES string of the molecule is C=C[C@@H](O)CCC1OCCCO1. The van der Waals surface area contributed by atoms with Crippen LogP contribution >= 0.6 is 0 Å². The highest BCUT2D eigenvalue weighted by molar-refractivity contribution is 4.77. The summed E-state index contributed by atoms with van der Waals surface area (Å²) in [6.45, 7) is 5.04. The molecule has 3 heteroatoms. The van der Waals surface area contributed by atoms with E-state index < -0.39 is 6.10 Å². The van der Waals surface area contributed by atoms with Crippen molar-refractivity contribution in [1.82, 2.24) is 0 Å². The minimum Gasteiger partial charge on any atom is -0.389 e. The second kappa shape index (κ2) is 5.30. The molecule has 3 nitrogen and oxygen atoms in total. The fraction of sp³-hybridized carbons (Fsp3) is 0.778. The average Bonchev–Trinajstić information content (AvgIpc) is 2.16. The zero-order chi connectivity index (χ0) is 8.81. The molecule has 1 fully saturated rings. The van der Waals surface area contributed by atoms with E-state index in [9.17, 15) is 0 Å². The molecule has 0 radical (unpaired) electrons. The molecule has 0 aliphatic carbocycles. The average molecular weight is 172 g/mol. The van der Waals surface area contributed by atoms with Gasteiger partial charge in [-0.1, -0.05) is 6.08 Å². The van der Waals surface area contributed by atoms with E-state index in [2.05, 4.69) is 6.58 Å². The molecule has 0 amide bonds. The van der Waals surface area contributed by atoms with Crippen molar-refractivity contribution < 1.29 is 14.6 Å². The van der Waals surface area contributed by atoms with Gasteiger partial charge in [0.25, 0.3) is 0 Å². The van der Waals surface area contributed by atoms with Crippen molar-refractivity contribution in [2.75, 3.05) is 13.2 Å². The number of rotatable bonds is 4. The van der Waals surface area contributed by atoms with Crippen molar-refractivity contribution in [2.45, 2.75) is 31.7 Å². The summed E-state index contributed by atoms with van der Waals surface area (Å²) in [5.74, 6) is 0. The van der Waals surface area contributed by atoms with Crippen LogP contribution in [0.5, 0.6) is 0 Å². The van der Waals surface area contributed by atoms with E-state index in [-0.39, 0.29) is 6.29 Å². The molecule has 0 bridgehead atoms. The quantitative estimate of drug-likeness (QED) is 0.645. The summed E-state index contributed by atoms with van der Waals surface area (Å²) < 4.78 is 10.6. The summed E-state index contributed by atoms with van der Waals surface area (Å²) in [6.07, 6.45) is 3.36. The molecule has 70 valence electrons. The lowest BCUT2D eigenvalue weighted by molar-refractivity contribution is -0.183. The highest BCUT2D eigenvalue weighted by Crippen LogP contribution is 2.11. The fourth-order valence-corrected chi connectivity index (χ4v) is 1.13. The molecule has 0 spiro atoms. The normalized spacial score (nSPS) is 22.1. The molecular weight excluding hydrogens is 156 g/mol. The lowest BCUT2D eigenvalue weighted by atomic mass is 10.2. The number of hydrogen-bond donors (Lipinski definition) is 1. The van der Waals surface area contributed by atoms with Crippen molar-refractivity contribution in [2.24, 2.45) is 0 Å². The first-order valence-corrected chi connectivity index (χ1v) is 4.37. The Morgan fingerprint density at radius 3 is 2.75 bits per heavy atom. The van der Waals surface area contributed by atoms with Gasteiger partial charge in [0.05, 0.1) is 19.3 Å². The molecule has 1 saturated heterocycles. The lowest BCUT2D eigenvalue weighted by Crippen LogP contribution is -2.25. The van der Waals surface area contributed by atoms with Gasteiger partial charge in [-0.3, -0.25) is 0 Å². The van der Waals surface area contributed by atoms with E-state index in [0.29, 0.717) is 6.42 Å². The Morgan fingerprint density at radius 1 is 1.50 bits per heavy atom. The van der Waals surface area contributed by atoms with Crippen LogP contribution in [0.4, 0.5) is 0 Å². The summed E-state index contributed by atoms with van der Waals surface area (Å²) in [4.78, 5) is 0. The van der Waals surface area contributed by atoms with Gasteiger partial charge in [0.15, 0.2) is 6.29 Å². The minimum absolute atomic E-state index is 0.117. The van der Waals surface area contributed by atoms with Crippen LogP contribution in [-0.4, -0.2) is 30.7 Å². The van der Waals surface area contributed by atoms with Crippen LogP contribution in [0.2, 0.25) is 0 Å². The van der Waals surface area contributed by atoms with Gasteiger partial charge in [-0.15, -0.1) is 6.58 Å². The van der Waals surface area contributed by atoms with Crippen molar-refractivity contribution in [3.63, 3.8) is 0 Å². The van der Waals surface area contributed by atoms with Gasteiger partial charge >= 0.3 is 0 Å². The third-order valence-electron chi connectivity index (χ3n) is 1.87. The lowest BCUT2D eigenvalue weighted by Gasteiger charge is -2.23. The van der Waals surface area contributed by atoms with Gasteiger partial charge in [0.1, 0.15) is 0 Å². The Balaban J connectivity index is 2.08. The smallest absolute Gasteiger partial charge is 0.157 e. The summed E-state index contributed by atoms with van der Waals surface area (Å²) in [7, 11) is 0. The predicted octanol–water partition coefficient (Wildman–Crippen LogP) is 1.08. The van der Waals surface area contributed by atoms with Crippen molar-refractivity contribution >= 4 is 0 Å². The first-order valence-electron chi connectivity index (χ1n) is 4.37. The predicted molar refractivity (Wildman–Crippen MR) is 45.7 cm³/mol. The Morgan fingerprint density at radius 2 is 2.17 bits per heavy atom. The summed E-state index contributed by atoms with van der Waals surface area (Å²) in [5, 5.41) is 9.16. The highest BCUT2D eigenvalue weighted by atomic mass is 16.7. The molecule has 1 atom stereocenters. The molecule has 1 aliphatic rings. The maximum Gasteiger partial charge on any atom is 0.157 e.